The Bertz CT molecular complexity index is 496. The number of amides is 1. The number of carbonyl (C=O) groups is 1. The number of nitrogens with two attached hydrogens (primary N) is 1. The second-order valence-corrected chi connectivity index (χ2v) is 5.93. The van der Waals surface area contributed by atoms with Gasteiger partial charge in [0.2, 0.25) is 0 Å². The predicted octanol–water partition coefficient (Wildman–Crippen LogP) is 1.05. The van der Waals surface area contributed by atoms with Gasteiger partial charge < -0.3 is 15.7 Å². The maximum atomic E-state index is 12.5. The number of phenolic OH excluding ortho intramolecular Hbond substituents is 1. The smallest absolute Gasteiger partial charge is 0.254 e. The first-order valence-electron chi connectivity index (χ1n) is 7.52. The third-order valence-electron chi connectivity index (χ3n) is 4.07. The third-order valence-corrected chi connectivity index (χ3v) is 4.07. The minimum atomic E-state index is 0.0547. The summed E-state index contributed by atoms with van der Waals surface area (Å²) in [6.07, 6.45) is 0. The number of hydrogen-bond donors (Lipinski definition) is 2. The van der Waals surface area contributed by atoms with Gasteiger partial charge in [0, 0.05) is 38.3 Å². The molecule has 2 rings (SSSR count). The molecule has 0 saturated carbocycles. The number of piperazine rings is 1. The Balaban J connectivity index is 1.94. The van der Waals surface area contributed by atoms with Gasteiger partial charge in [-0.1, -0.05) is 6.92 Å². The highest BCUT2D eigenvalue weighted by atomic mass is 16.3. The first kappa shape index (κ1) is 15.8. The molecule has 1 amide bonds. The van der Waals surface area contributed by atoms with Crippen molar-refractivity contribution >= 4 is 5.91 Å². The van der Waals surface area contributed by atoms with Crippen LogP contribution in [-0.4, -0.2) is 60.1 Å². The first-order valence-corrected chi connectivity index (χ1v) is 7.52. The number of aryl methyl sites for hydroxylation is 1. The van der Waals surface area contributed by atoms with E-state index >= 15 is 0 Å². The van der Waals surface area contributed by atoms with Crippen LogP contribution < -0.4 is 5.73 Å². The molecule has 1 aromatic rings. The van der Waals surface area contributed by atoms with E-state index in [9.17, 15) is 9.90 Å². The third kappa shape index (κ3) is 3.95. The topological polar surface area (TPSA) is 69.8 Å². The zero-order valence-corrected chi connectivity index (χ0v) is 12.9. The Kier molecular flexibility index (Phi) is 5.20. The van der Waals surface area contributed by atoms with E-state index in [0.717, 1.165) is 38.3 Å². The van der Waals surface area contributed by atoms with Crippen molar-refractivity contribution in [3.8, 4) is 5.75 Å². The number of benzene rings is 1. The van der Waals surface area contributed by atoms with E-state index in [-0.39, 0.29) is 11.7 Å². The fourth-order valence-corrected chi connectivity index (χ4v) is 2.71. The molecule has 1 aliphatic heterocycles. The van der Waals surface area contributed by atoms with Gasteiger partial charge in [0.1, 0.15) is 5.75 Å². The molecule has 1 unspecified atom stereocenters. The molecule has 5 heteroatoms. The molecule has 21 heavy (non-hydrogen) atoms. The lowest BCUT2D eigenvalue weighted by Gasteiger charge is -2.36. The van der Waals surface area contributed by atoms with Gasteiger partial charge in [-0.05, 0) is 43.1 Å². The molecule has 3 N–H and O–H groups in total. The van der Waals surface area contributed by atoms with Gasteiger partial charge in [0.25, 0.3) is 5.91 Å². The van der Waals surface area contributed by atoms with Crippen molar-refractivity contribution in [2.75, 3.05) is 39.3 Å². The molecule has 116 valence electrons. The van der Waals surface area contributed by atoms with Crippen LogP contribution in [0.25, 0.3) is 0 Å². The summed E-state index contributed by atoms with van der Waals surface area (Å²) in [7, 11) is 0. The molecule has 1 aromatic carbocycles. The van der Waals surface area contributed by atoms with Crippen molar-refractivity contribution in [3.05, 3.63) is 29.3 Å². The first-order chi connectivity index (χ1) is 10.0. The predicted molar refractivity (Wildman–Crippen MR) is 83.4 cm³/mol. The zero-order valence-electron chi connectivity index (χ0n) is 12.9. The van der Waals surface area contributed by atoms with Gasteiger partial charge in [0.15, 0.2) is 0 Å². The van der Waals surface area contributed by atoms with Crippen molar-refractivity contribution in [1.29, 1.82) is 0 Å². The standard InChI is InChI=1S/C16H25N3O2/c1-12(10-17)11-18-5-7-19(8-6-18)16(21)15-4-3-14(20)9-13(15)2/h3-4,9,12,20H,5-8,10-11,17H2,1-2H3. The van der Waals surface area contributed by atoms with Gasteiger partial charge in [-0.25, -0.2) is 0 Å². The van der Waals surface area contributed by atoms with Gasteiger partial charge >= 0.3 is 0 Å². The molecule has 0 aromatic heterocycles. The van der Waals surface area contributed by atoms with E-state index in [0.29, 0.717) is 18.0 Å². The molecule has 0 radical (unpaired) electrons. The lowest BCUT2D eigenvalue weighted by Crippen LogP contribution is -2.50. The largest absolute Gasteiger partial charge is 0.508 e. The minimum absolute atomic E-state index is 0.0547. The lowest BCUT2D eigenvalue weighted by atomic mass is 10.1. The van der Waals surface area contributed by atoms with Crippen molar-refractivity contribution in [3.63, 3.8) is 0 Å². The van der Waals surface area contributed by atoms with Crippen LogP contribution in [0.4, 0.5) is 0 Å². The van der Waals surface area contributed by atoms with E-state index in [1.54, 1.807) is 18.2 Å². The van der Waals surface area contributed by atoms with Crippen molar-refractivity contribution in [1.82, 2.24) is 9.80 Å². The maximum absolute atomic E-state index is 12.5. The van der Waals surface area contributed by atoms with E-state index in [2.05, 4.69) is 11.8 Å². The summed E-state index contributed by atoms with van der Waals surface area (Å²) in [6.45, 7) is 8.99. The highest BCUT2D eigenvalue weighted by Gasteiger charge is 2.23. The molecule has 0 aliphatic carbocycles. The molecular weight excluding hydrogens is 266 g/mol. The molecule has 5 nitrogen and oxygen atoms in total. The molecule has 1 atom stereocenters. The van der Waals surface area contributed by atoms with Crippen LogP contribution in [-0.2, 0) is 0 Å². The summed E-state index contributed by atoms with van der Waals surface area (Å²) < 4.78 is 0. The number of nitrogens with zero attached hydrogens (tertiary/aromatic N) is 2. The summed E-state index contributed by atoms with van der Waals surface area (Å²) in [5.41, 5.74) is 7.15. The summed E-state index contributed by atoms with van der Waals surface area (Å²) in [4.78, 5) is 16.8. The van der Waals surface area contributed by atoms with Crippen LogP contribution in [0.2, 0.25) is 0 Å². The number of hydrogen-bond acceptors (Lipinski definition) is 4. The normalized spacial score (nSPS) is 17.8. The molecule has 0 spiro atoms. The Morgan fingerprint density at radius 1 is 1.33 bits per heavy atom. The molecule has 1 saturated heterocycles. The highest BCUT2D eigenvalue weighted by Crippen LogP contribution is 2.18. The summed E-state index contributed by atoms with van der Waals surface area (Å²) in [5.74, 6) is 0.746. The number of aromatic hydroxyl groups is 1. The summed E-state index contributed by atoms with van der Waals surface area (Å²) in [6, 6.07) is 4.90. The number of phenols is 1. The lowest BCUT2D eigenvalue weighted by molar-refractivity contribution is 0.0621. The monoisotopic (exact) mass is 291 g/mol. The van der Waals surface area contributed by atoms with Crippen LogP contribution in [0.1, 0.15) is 22.8 Å². The van der Waals surface area contributed by atoms with E-state index in [1.165, 1.54) is 0 Å². The maximum Gasteiger partial charge on any atom is 0.254 e. The van der Waals surface area contributed by atoms with Gasteiger partial charge in [-0.2, -0.15) is 0 Å². The second-order valence-electron chi connectivity index (χ2n) is 5.93. The van der Waals surface area contributed by atoms with Crippen molar-refractivity contribution in [2.45, 2.75) is 13.8 Å². The molecular formula is C16H25N3O2. The zero-order chi connectivity index (χ0) is 15.4. The van der Waals surface area contributed by atoms with Gasteiger partial charge in [-0.3, -0.25) is 9.69 Å². The molecule has 1 aliphatic rings. The fraction of sp³-hybridized carbons (Fsp3) is 0.562. The van der Waals surface area contributed by atoms with Crippen LogP contribution in [0, 0.1) is 12.8 Å². The number of carbonyl (C=O) groups excluding carboxylic acids is 1. The Labute approximate surface area is 126 Å². The fourth-order valence-electron chi connectivity index (χ4n) is 2.71. The van der Waals surface area contributed by atoms with Gasteiger partial charge in [-0.15, -0.1) is 0 Å². The SMILES string of the molecule is Cc1cc(O)ccc1C(=O)N1CCN(CC(C)CN)CC1. The van der Waals surface area contributed by atoms with Crippen molar-refractivity contribution < 1.29 is 9.90 Å². The van der Waals surface area contributed by atoms with Crippen molar-refractivity contribution in [2.24, 2.45) is 11.7 Å². The van der Waals surface area contributed by atoms with Crippen LogP contribution in [0.15, 0.2) is 18.2 Å². The molecule has 0 bridgehead atoms. The molecule has 1 heterocycles. The number of rotatable bonds is 4. The molecule has 1 fully saturated rings. The average molecular weight is 291 g/mol. The Morgan fingerprint density at radius 3 is 2.57 bits per heavy atom. The van der Waals surface area contributed by atoms with Crippen LogP contribution in [0.3, 0.4) is 0 Å². The summed E-state index contributed by atoms with van der Waals surface area (Å²) >= 11 is 0. The second kappa shape index (κ2) is 6.91. The van der Waals surface area contributed by atoms with E-state index in [4.69, 9.17) is 5.73 Å². The van der Waals surface area contributed by atoms with E-state index < -0.39 is 0 Å². The average Bonchev–Trinajstić information content (AvgIpc) is 2.47. The highest BCUT2D eigenvalue weighted by molar-refractivity contribution is 5.95. The van der Waals surface area contributed by atoms with Crippen LogP contribution >= 0.6 is 0 Å². The van der Waals surface area contributed by atoms with Gasteiger partial charge in [0.05, 0.1) is 0 Å². The Hall–Kier alpha value is -1.59. The van der Waals surface area contributed by atoms with Crippen LogP contribution in [0.5, 0.6) is 5.75 Å². The minimum Gasteiger partial charge on any atom is -0.508 e. The van der Waals surface area contributed by atoms with E-state index in [1.807, 2.05) is 11.8 Å². The summed E-state index contributed by atoms with van der Waals surface area (Å²) in [5, 5.41) is 9.43. The quantitative estimate of drug-likeness (QED) is 0.870. The Morgan fingerprint density at radius 2 is 2.00 bits per heavy atom.